The van der Waals surface area contributed by atoms with Crippen LogP contribution in [0.25, 0.3) is 55.6 Å². The topological polar surface area (TPSA) is 17.1 Å². The molecule has 0 fully saturated rings. The predicted octanol–water partition coefficient (Wildman–Crippen LogP) is 11.7. The Balaban J connectivity index is 1.24. The normalized spacial score (nSPS) is 15.3. The van der Waals surface area contributed by atoms with Crippen molar-refractivity contribution in [3.63, 3.8) is 0 Å². The summed E-state index contributed by atoms with van der Waals surface area (Å²) in [4.78, 5) is 13.1. The highest BCUT2D eigenvalue weighted by molar-refractivity contribution is 6.05. The van der Waals surface area contributed by atoms with Gasteiger partial charge in [-0.3, -0.25) is 4.79 Å². The number of benzene rings is 7. The van der Waals surface area contributed by atoms with Crippen LogP contribution in [0.1, 0.15) is 63.5 Å². The van der Waals surface area contributed by atoms with Crippen molar-refractivity contribution in [3.8, 4) is 55.6 Å². The monoisotopic (exact) mass is 612 g/mol. The summed E-state index contributed by atoms with van der Waals surface area (Å²) >= 11 is 0. The molecule has 1 atom stereocenters. The third-order valence-electron chi connectivity index (χ3n) is 11.3. The van der Waals surface area contributed by atoms with Gasteiger partial charge in [0, 0.05) is 11.5 Å². The van der Waals surface area contributed by atoms with Crippen LogP contribution in [0, 0.1) is 0 Å². The summed E-state index contributed by atoms with van der Waals surface area (Å²) in [5.41, 5.74) is 20.9. The van der Waals surface area contributed by atoms with Gasteiger partial charge in [0.1, 0.15) is 0 Å². The molecule has 7 aromatic carbocycles. The molecule has 0 radical (unpaired) electrons. The van der Waals surface area contributed by atoms with Gasteiger partial charge >= 0.3 is 0 Å². The van der Waals surface area contributed by atoms with E-state index in [2.05, 4.69) is 146 Å². The number of carbonyl (C=O) groups is 1. The number of fused-ring (bicyclic) bond motifs is 14. The van der Waals surface area contributed by atoms with E-state index in [4.69, 9.17) is 0 Å². The highest BCUT2D eigenvalue weighted by Crippen LogP contribution is 2.65. The van der Waals surface area contributed by atoms with Gasteiger partial charge in [0.15, 0.2) is 5.78 Å². The summed E-state index contributed by atoms with van der Waals surface area (Å²) < 4.78 is 0. The molecule has 3 aliphatic carbocycles. The highest BCUT2D eigenvalue weighted by atomic mass is 16.1. The zero-order chi connectivity index (χ0) is 32.1. The largest absolute Gasteiger partial charge is 0.294 e. The molecule has 226 valence electrons. The van der Waals surface area contributed by atoms with E-state index in [1.807, 2.05) is 12.1 Å². The minimum atomic E-state index is -0.364. The van der Waals surface area contributed by atoms with Crippen LogP contribution >= 0.6 is 0 Å². The van der Waals surface area contributed by atoms with E-state index >= 15 is 0 Å². The molecule has 0 saturated heterocycles. The lowest BCUT2D eigenvalue weighted by molar-refractivity contribution is 0.101. The number of carbonyl (C=O) groups excluding carboxylic acids is 1. The van der Waals surface area contributed by atoms with Crippen molar-refractivity contribution in [1.82, 2.24) is 0 Å². The van der Waals surface area contributed by atoms with Crippen molar-refractivity contribution in [1.29, 1.82) is 0 Å². The van der Waals surface area contributed by atoms with Crippen LogP contribution in [0.4, 0.5) is 0 Å². The molecule has 7 aromatic rings. The molecular formula is C47H32O. The number of hydrogen-bond acceptors (Lipinski definition) is 1. The van der Waals surface area contributed by atoms with Crippen LogP contribution in [0.15, 0.2) is 152 Å². The Morgan fingerprint density at radius 1 is 0.458 bits per heavy atom. The summed E-state index contributed by atoms with van der Waals surface area (Å²) in [6.07, 6.45) is 0. The van der Waals surface area contributed by atoms with Crippen LogP contribution in [-0.4, -0.2) is 5.78 Å². The fourth-order valence-electron chi connectivity index (χ4n) is 9.43. The fourth-order valence-corrected chi connectivity index (χ4v) is 9.43. The van der Waals surface area contributed by atoms with Gasteiger partial charge in [0.25, 0.3) is 0 Å². The second-order valence-electron chi connectivity index (χ2n) is 13.5. The Morgan fingerprint density at radius 3 is 1.67 bits per heavy atom. The molecule has 10 rings (SSSR count). The van der Waals surface area contributed by atoms with E-state index in [1.165, 1.54) is 66.8 Å². The minimum absolute atomic E-state index is 0.0840. The van der Waals surface area contributed by atoms with E-state index < -0.39 is 0 Å². The van der Waals surface area contributed by atoms with Crippen molar-refractivity contribution in [2.24, 2.45) is 0 Å². The maximum absolute atomic E-state index is 13.1. The third-order valence-corrected chi connectivity index (χ3v) is 11.3. The smallest absolute Gasteiger partial charge is 0.160 e. The number of hydrogen-bond donors (Lipinski definition) is 0. The zero-order valence-electron chi connectivity index (χ0n) is 26.9. The van der Waals surface area contributed by atoms with Gasteiger partial charge in [-0.25, -0.2) is 0 Å². The maximum atomic E-state index is 13.1. The quantitative estimate of drug-likeness (QED) is 0.181. The highest BCUT2D eigenvalue weighted by Gasteiger charge is 2.53. The Bertz CT molecular complexity index is 2450. The van der Waals surface area contributed by atoms with Crippen LogP contribution in [0.2, 0.25) is 0 Å². The molecule has 0 heterocycles. The van der Waals surface area contributed by atoms with Crippen molar-refractivity contribution in [2.45, 2.75) is 25.2 Å². The molecule has 0 saturated carbocycles. The fraction of sp³-hybridized carbons (Fsp3) is 0.0851. The van der Waals surface area contributed by atoms with E-state index in [-0.39, 0.29) is 17.1 Å². The first-order valence-corrected chi connectivity index (χ1v) is 16.9. The van der Waals surface area contributed by atoms with Gasteiger partial charge in [-0.1, -0.05) is 153 Å². The first-order chi connectivity index (χ1) is 23.6. The zero-order valence-corrected chi connectivity index (χ0v) is 26.9. The van der Waals surface area contributed by atoms with Gasteiger partial charge in [0.05, 0.1) is 5.41 Å². The van der Waals surface area contributed by atoms with E-state index in [0.29, 0.717) is 0 Å². The lowest BCUT2D eigenvalue weighted by atomic mass is 9.70. The van der Waals surface area contributed by atoms with Crippen molar-refractivity contribution in [3.05, 3.63) is 191 Å². The number of ketones is 1. The van der Waals surface area contributed by atoms with Crippen LogP contribution in [0.3, 0.4) is 0 Å². The standard InChI is InChI=1S/C47H32O/c1-28-44-35(18-12-19-36(44)39-27-31(23-24-32(39)29(2)48)30-13-4-3-5-14-30)37-25-26-43-46(45(28)37)38-17-8-11-22-42(38)47(43)40-20-9-6-15-33(40)34-16-7-10-21-41(34)47/h3-28H,1-2H3. The van der Waals surface area contributed by atoms with Gasteiger partial charge < -0.3 is 0 Å². The molecule has 1 nitrogen and oxygen atoms in total. The number of Topliss-reactive ketones (excluding diaryl/α,β-unsaturated/α-hetero) is 1. The Morgan fingerprint density at radius 2 is 1.00 bits per heavy atom. The summed E-state index contributed by atoms with van der Waals surface area (Å²) in [5.74, 6) is 0.220. The third kappa shape index (κ3) is 3.38. The molecule has 3 aliphatic rings. The van der Waals surface area contributed by atoms with Gasteiger partial charge in [0.2, 0.25) is 0 Å². The van der Waals surface area contributed by atoms with Crippen LogP contribution in [0.5, 0.6) is 0 Å². The van der Waals surface area contributed by atoms with E-state index in [0.717, 1.165) is 27.8 Å². The lowest BCUT2D eigenvalue weighted by Gasteiger charge is -2.30. The van der Waals surface area contributed by atoms with E-state index in [1.54, 1.807) is 6.92 Å². The summed E-state index contributed by atoms with van der Waals surface area (Å²) in [6.45, 7) is 4.05. The first-order valence-electron chi connectivity index (χ1n) is 16.9. The average Bonchev–Trinajstić information content (AvgIpc) is 3.73. The Kier molecular flexibility index (Phi) is 5.61. The molecule has 0 aliphatic heterocycles. The Hall–Kier alpha value is -5.79. The molecule has 1 unspecified atom stereocenters. The van der Waals surface area contributed by atoms with Gasteiger partial charge in [-0.05, 0) is 102 Å². The lowest BCUT2D eigenvalue weighted by Crippen LogP contribution is -2.25. The number of rotatable bonds is 3. The summed E-state index contributed by atoms with van der Waals surface area (Å²) in [6, 6.07) is 55.3. The predicted molar refractivity (Wildman–Crippen MR) is 197 cm³/mol. The van der Waals surface area contributed by atoms with Crippen molar-refractivity contribution < 1.29 is 4.79 Å². The molecule has 1 heteroatoms. The Labute approximate surface area is 281 Å². The molecule has 1 spiro atoms. The maximum Gasteiger partial charge on any atom is 0.160 e. The van der Waals surface area contributed by atoms with Crippen LogP contribution in [-0.2, 0) is 5.41 Å². The molecule has 0 N–H and O–H groups in total. The van der Waals surface area contributed by atoms with Crippen molar-refractivity contribution in [2.75, 3.05) is 0 Å². The summed E-state index contributed by atoms with van der Waals surface area (Å²) in [7, 11) is 0. The molecule has 0 bridgehead atoms. The second-order valence-corrected chi connectivity index (χ2v) is 13.5. The SMILES string of the molecule is CC(=O)c1ccc(-c2ccccc2)cc1-c1cccc2c1C(C)c1c-2ccc2c1-c1ccccc1C21c2ccccc2-c2ccccc21. The first kappa shape index (κ1) is 27.3. The molecular weight excluding hydrogens is 581 g/mol. The minimum Gasteiger partial charge on any atom is -0.294 e. The molecule has 48 heavy (non-hydrogen) atoms. The second kappa shape index (κ2) is 9.86. The molecule has 0 aromatic heterocycles. The van der Waals surface area contributed by atoms with Crippen LogP contribution < -0.4 is 0 Å². The molecule has 0 amide bonds. The van der Waals surface area contributed by atoms with Crippen molar-refractivity contribution >= 4 is 5.78 Å². The summed E-state index contributed by atoms with van der Waals surface area (Å²) in [5, 5.41) is 0. The van der Waals surface area contributed by atoms with Gasteiger partial charge in [-0.15, -0.1) is 0 Å². The van der Waals surface area contributed by atoms with E-state index in [9.17, 15) is 4.79 Å². The van der Waals surface area contributed by atoms with Gasteiger partial charge in [-0.2, -0.15) is 0 Å². The average molecular weight is 613 g/mol.